The van der Waals surface area contributed by atoms with Gasteiger partial charge in [-0.2, -0.15) is 0 Å². The molecule has 1 aromatic carbocycles. The number of aromatic nitrogens is 3. The minimum absolute atomic E-state index is 0.0761. The Kier molecular flexibility index (Phi) is 6.16. The molecule has 0 atom stereocenters. The lowest BCUT2D eigenvalue weighted by Gasteiger charge is -2.34. The first kappa shape index (κ1) is 21.7. The number of benzene rings is 1. The third kappa shape index (κ3) is 4.95. The summed E-state index contributed by atoms with van der Waals surface area (Å²) in [5, 5.41) is 4.27. The third-order valence-electron chi connectivity index (χ3n) is 5.35. The smallest absolute Gasteiger partial charge is 0.273 e. The maximum absolute atomic E-state index is 13.0. The molecule has 0 unspecified atom stereocenters. The fourth-order valence-electron chi connectivity index (χ4n) is 3.62. The molecule has 0 N–H and O–H groups in total. The Hall–Kier alpha value is -3.15. The van der Waals surface area contributed by atoms with Gasteiger partial charge >= 0.3 is 0 Å². The highest BCUT2D eigenvalue weighted by molar-refractivity contribution is 7.15. The summed E-state index contributed by atoms with van der Waals surface area (Å²) in [7, 11) is 0. The predicted octanol–water partition coefficient (Wildman–Crippen LogP) is 2.89. The van der Waals surface area contributed by atoms with Crippen LogP contribution in [0.25, 0.3) is 4.96 Å². The highest BCUT2D eigenvalue weighted by Crippen LogP contribution is 2.18. The van der Waals surface area contributed by atoms with Gasteiger partial charge in [-0.15, -0.1) is 22.7 Å². The minimum atomic E-state index is -0.321. The van der Waals surface area contributed by atoms with Gasteiger partial charge < -0.3 is 9.64 Å². The number of thiazole rings is 2. The second-order valence-corrected chi connectivity index (χ2v) is 9.39. The van der Waals surface area contributed by atoms with E-state index in [2.05, 4.69) is 14.9 Å². The van der Waals surface area contributed by atoms with Crippen molar-refractivity contribution in [2.24, 2.45) is 0 Å². The Labute approximate surface area is 196 Å². The van der Waals surface area contributed by atoms with E-state index in [4.69, 9.17) is 4.74 Å². The van der Waals surface area contributed by atoms with Gasteiger partial charge in [0.15, 0.2) is 4.96 Å². The molecule has 1 aliphatic heterocycles. The van der Waals surface area contributed by atoms with Gasteiger partial charge in [0.25, 0.3) is 11.5 Å². The fraction of sp³-hybridized carbons (Fsp3) is 0.273. The van der Waals surface area contributed by atoms with Crippen molar-refractivity contribution in [2.75, 3.05) is 26.2 Å². The lowest BCUT2D eigenvalue weighted by atomic mass is 10.2. The van der Waals surface area contributed by atoms with Crippen molar-refractivity contribution in [1.29, 1.82) is 0 Å². The molecule has 4 heterocycles. The van der Waals surface area contributed by atoms with E-state index in [1.54, 1.807) is 34.7 Å². The zero-order chi connectivity index (χ0) is 22.8. The van der Waals surface area contributed by atoms with Gasteiger partial charge in [0.1, 0.15) is 28.9 Å². The summed E-state index contributed by atoms with van der Waals surface area (Å²) in [6, 6.07) is 7.35. The van der Waals surface area contributed by atoms with Crippen LogP contribution < -0.4 is 10.3 Å². The lowest BCUT2D eigenvalue weighted by molar-refractivity contribution is 0.0622. The summed E-state index contributed by atoms with van der Waals surface area (Å²) >= 11 is 2.80. The third-order valence-corrected chi connectivity index (χ3v) is 6.93. The number of ether oxygens (including phenoxy) is 1. The van der Waals surface area contributed by atoms with Gasteiger partial charge in [0.05, 0.1) is 5.69 Å². The Bertz CT molecular complexity index is 1330. The van der Waals surface area contributed by atoms with Crippen molar-refractivity contribution in [3.05, 3.63) is 79.9 Å². The lowest BCUT2D eigenvalue weighted by Crippen LogP contribution is -2.48. The normalized spacial score (nSPS) is 14.6. The topological polar surface area (TPSA) is 80.0 Å². The molecule has 4 aromatic rings. The molecule has 5 rings (SSSR count). The van der Waals surface area contributed by atoms with Crippen LogP contribution in [0.15, 0.2) is 52.1 Å². The number of fused-ring (bicyclic) bond motifs is 1. The zero-order valence-corrected chi connectivity index (χ0v) is 19.1. The quantitative estimate of drug-likeness (QED) is 0.418. The number of hydrogen-bond donors (Lipinski definition) is 0. The van der Waals surface area contributed by atoms with Gasteiger partial charge in [-0.05, 0) is 24.3 Å². The molecule has 8 nitrogen and oxygen atoms in total. The standard InChI is InChI=1S/C22H20FN5O3S2/c23-15-1-3-17(4-2-15)31-13-19-25-18(14-33-19)21(30)27-7-5-26(6-8-27)12-16-11-20(29)28-9-10-32-22(28)24-16/h1-4,9-11,14H,5-8,12-13H2. The molecule has 1 amide bonds. The number of halogens is 1. The van der Waals surface area contributed by atoms with Gasteiger partial charge in [0, 0.05) is 55.7 Å². The van der Waals surface area contributed by atoms with Crippen molar-refractivity contribution >= 4 is 33.5 Å². The SMILES string of the molecule is O=C(c1csc(COc2ccc(F)cc2)n1)N1CCN(Cc2cc(=O)n3ccsc3n2)CC1. The average molecular weight is 486 g/mol. The zero-order valence-electron chi connectivity index (χ0n) is 17.5. The maximum atomic E-state index is 13.0. The minimum Gasteiger partial charge on any atom is -0.486 e. The van der Waals surface area contributed by atoms with Crippen LogP contribution in [0.2, 0.25) is 0 Å². The predicted molar refractivity (Wildman–Crippen MR) is 123 cm³/mol. The van der Waals surface area contributed by atoms with E-state index >= 15 is 0 Å². The van der Waals surface area contributed by atoms with E-state index in [9.17, 15) is 14.0 Å². The summed E-state index contributed by atoms with van der Waals surface area (Å²) in [6.07, 6.45) is 1.72. The molecule has 0 radical (unpaired) electrons. The Morgan fingerprint density at radius 2 is 1.88 bits per heavy atom. The van der Waals surface area contributed by atoms with Crippen LogP contribution >= 0.6 is 22.7 Å². The van der Waals surface area contributed by atoms with Crippen LogP contribution in [0.1, 0.15) is 21.2 Å². The van der Waals surface area contributed by atoms with Gasteiger partial charge in [0.2, 0.25) is 0 Å². The molecule has 170 valence electrons. The highest BCUT2D eigenvalue weighted by atomic mass is 32.1. The molecular formula is C22H20FN5O3S2. The Morgan fingerprint density at radius 1 is 1.09 bits per heavy atom. The van der Waals surface area contributed by atoms with Crippen molar-refractivity contribution in [3.63, 3.8) is 0 Å². The average Bonchev–Trinajstić information content (AvgIpc) is 3.49. The van der Waals surface area contributed by atoms with Crippen LogP contribution in [-0.2, 0) is 13.2 Å². The first-order valence-electron chi connectivity index (χ1n) is 10.4. The molecule has 11 heteroatoms. The Balaban J connectivity index is 1.14. The molecule has 0 aliphatic carbocycles. The first-order valence-corrected chi connectivity index (χ1v) is 12.1. The number of carbonyl (C=O) groups is 1. The van der Waals surface area contributed by atoms with E-state index in [0.717, 1.165) is 5.69 Å². The van der Waals surface area contributed by atoms with Crippen LogP contribution in [0.4, 0.5) is 4.39 Å². The Morgan fingerprint density at radius 3 is 2.67 bits per heavy atom. The number of nitrogens with zero attached hydrogens (tertiary/aromatic N) is 5. The first-order chi connectivity index (χ1) is 16.0. The second kappa shape index (κ2) is 9.38. The van der Waals surface area contributed by atoms with Crippen molar-refractivity contribution in [2.45, 2.75) is 13.2 Å². The van der Waals surface area contributed by atoms with Gasteiger partial charge in [-0.25, -0.2) is 14.4 Å². The van der Waals surface area contributed by atoms with E-state index < -0.39 is 0 Å². The van der Waals surface area contributed by atoms with E-state index in [1.807, 2.05) is 5.38 Å². The summed E-state index contributed by atoms with van der Waals surface area (Å²) in [6.45, 7) is 3.35. The number of rotatable bonds is 6. The van der Waals surface area contributed by atoms with Crippen molar-refractivity contribution < 1.29 is 13.9 Å². The van der Waals surface area contributed by atoms with Gasteiger partial charge in [-0.1, -0.05) is 0 Å². The number of carbonyl (C=O) groups excluding carboxylic acids is 1. The maximum Gasteiger partial charge on any atom is 0.273 e. The molecule has 1 fully saturated rings. The highest BCUT2D eigenvalue weighted by Gasteiger charge is 2.24. The van der Waals surface area contributed by atoms with Gasteiger partial charge in [-0.3, -0.25) is 18.9 Å². The molecule has 0 saturated carbocycles. The second-order valence-electron chi connectivity index (χ2n) is 7.58. The van der Waals surface area contributed by atoms with E-state index in [1.165, 1.54) is 39.2 Å². The fourth-order valence-corrected chi connectivity index (χ4v) is 5.04. The van der Waals surface area contributed by atoms with Crippen molar-refractivity contribution in [1.82, 2.24) is 24.2 Å². The molecule has 3 aromatic heterocycles. The summed E-state index contributed by atoms with van der Waals surface area (Å²) in [5.74, 6) is 0.125. The molecule has 33 heavy (non-hydrogen) atoms. The molecular weight excluding hydrogens is 465 g/mol. The number of amides is 1. The van der Waals surface area contributed by atoms with Crippen LogP contribution in [0.5, 0.6) is 5.75 Å². The van der Waals surface area contributed by atoms with Crippen LogP contribution in [0, 0.1) is 5.82 Å². The summed E-state index contributed by atoms with van der Waals surface area (Å²) in [4.78, 5) is 38.7. The molecule has 1 aliphatic rings. The van der Waals surface area contributed by atoms with Crippen molar-refractivity contribution in [3.8, 4) is 5.75 Å². The number of piperazine rings is 1. The van der Waals surface area contributed by atoms with E-state index in [0.29, 0.717) is 54.1 Å². The number of hydrogen-bond acceptors (Lipinski definition) is 8. The summed E-state index contributed by atoms with van der Waals surface area (Å²) < 4.78 is 20.1. The van der Waals surface area contributed by atoms with Crippen LogP contribution in [-0.4, -0.2) is 56.3 Å². The molecule has 1 saturated heterocycles. The monoisotopic (exact) mass is 485 g/mol. The molecule has 0 bridgehead atoms. The van der Waals surface area contributed by atoms with E-state index in [-0.39, 0.29) is 23.9 Å². The molecule has 0 spiro atoms. The summed E-state index contributed by atoms with van der Waals surface area (Å²) in [5.41, 5.74) is 1.07. The van der Waals surface area contributed by atoms with Crippen LogP contribution in [0.3, 0.4) is 0 Å². The largest absolute Gasteiger partial charge is 0.486 e.